The fraction of sp³-hybridized carbons (Fsp3) is 0.474. The van der Waals surface area contributed by atoms with E-state index in [1.807, 2.05) is 0 Å². The Balaban J connectivity index is 1.71. The molecule has 1 saturated carbocycles. The van der Waals surface area contributed by atoms with Crippen LogP contribution < -0.4 is 16.1 Å². The zero-order valence-corrected chi connectivity index (χ0v) is 16.4. The molecule has 2 heterocycles. The van der Waals surface area contributed by atoms with Crippen LogP contribution in [-0.4, -0.2) is 28.4 Å². The summed E-state index contributed by atoms with van der Waals surface area (Å²) in [6.45, 7) is 1.46. The summed E-state index contributed by atoms with van der Waals surface area (Å²) in [6.07, 6.45) is 5.64. The molecule has 2 aromatic rings. The highest BCUT2D eigenvalue weighted by atomic mass is 32.1. The number of rotatable bonds is 6. The Labute approximate surface area is 166 Å². The molecule has 9 heteroatoms. The smallest absolute Gasteiger partial charge is 0.245 e. The number of carbonyl (C=O) groups excluding carboxylic acids is 2. The third-order valence-corrected chi connectivity index (χ3v) is 5.65. The first kappa shape index (κ1) is 20.1. The maximum atomic E-state index is 12.6. The van der Waals surface area contributed by atoms with Crippen LogP contribution >= 0.6 is 11.3 Å². The lowest BCUT2D eigenvalue weighted by Gasteiger charge is -2.36. The zero-order chi connectivity index (χ0) is 20.1. The molecule has 0 atom stereocenters. The van der Waals surface area contributed by atoms with Crippen LogP contribution in [0.5, 0.6) is 5.75 Å². The number of hydrogen-bond donors (Lipinski definition) is 3. The summed E-state index contributed by atoms with van der Waals surface area (Å²) in [4.78, 5) is 40.5. The average molecular weight is 405 g/mol. The van der Waals surface area contributed by atoms with Crippen LogP contribution in [0.15, 0.2) is 26.9 Å². The molecular formula is C19H23N3O5S. The predicted octanol–water partition coefficient (Wildman–Crippen LogP) is 2.46. The normalized spacial score (nSPS) is 15.8. The molecule has 0 bridgehead atoms. The minimum Gasteiger partial charge on any atom is -0.502 e. The predicted molar refractivity (Wildman–Crippen MR) is 105 cm³/mol. The van der Waals surface area contributed by atoms with E-state index in [0.717, 1.165) is 19.3 Å². The largest absolute Gasteiger partial charge is 0.502 e. The fourth-order valence-corrected chi connectivity index (χ4v) is 4.22. The van der Waals surface area contributed by atoms with Gasteiger partial charge < -0.3 is 20.2 Å². The second-order valence-electron chi connectivity index (χ2n) is 7.08. The van der Waals surface area contributed by atoms with Gasteiger partial charge in [-0.1, -0.05) is 19.3 Å². The summed E-state index contributed by atoms with van der Waals surface area (Å²) in [5, 5.41) is 17.7. The van der Waals surface area contributed by atoms with Gasteiger partial charge in [0.25, 0.3) is 0 Å². The van der Waals surface area contributed by atoms with Crippen LogP contribution in [0.2, 0.25) is 0 Å². The summed E-state index contributed by atoms with van der Waals surface area (Å²) in [6, 6.07) is 1.23. The van der Waals surface area contributed by atoms with Gasteiger partial charge in [0.15, 0.2) is 10.9 Å². The minimum atomic E-state index is -0.747. The summed E-state index contributed by atoms with van der Waals surface area (Å²) >= 11 is 1.29. The maximum Gasteiger partial charge on any atom is 0.245 e. The van der Waals surface area contributed by atoms with E-state index in [4.69, 9.17) is 4.42 Å². The van der Waals surface area contributed by atoms with Crippen molar-refractivity contribution < 1.29 is 19.1 Å². The number of aromatic hydroxyl groups is 1. The van der Waals surface area contributed by atoms with Crippen LogP contribution in [0.1, 0.15) is 50.0 Å². The molecule has 2 amide bonds. The van der Waals surface area contributed by atoms with Crippen LogP contribution in [0, 0.1) is 6.92 Å². The molecule has 0 saturated heterocycles. The van der Waals surface area contributed by atoms with Crippen LogP contribution in [-0.2, 0) is 15.0 Å². The number of nitrogens with one attached hydrogen (secondary N) is 2. The zero-order valence-electron chi connectivity index (χ0n) is 15.6. The number of carbonyl (C=O) groups is 2. The van der Waals surface area contributed by atoms with Gasteiger partial charge in [0.2, 0.25) is 23.0 Å². The van der Waals surface area contributed by atoms with E-state index in [-0.39, 0.29) is 30.5 Å². The Hall–Kier alpha value is -2.68. The number of anilines is 1. The van der Waals surface area contributed by atoms with Crippen molar-refractivity contribution in [3.05, 3.63) is 39.4 Å². The molecule has 8 nitrogen and oxygen atoms in total. The van der Waals surface area contributed by atoms with Crippen LogP contribution in [0.4, 0.5) is 5.13 Å². The Bertz CT molecular complexity index is 901. The van der Waals surface area contributed by atoms with Gasteiger partial charge in [-0.15, -0.1) is 11.3 Å². The van der Waals surface area contributed by atoms with Crippen molar-refractivity contribution in [1.29, 1.82) is 0 Å². The lowest BCUT2D eigenvalue weighted by atomic mass is 9.69. The van der Waals surface area contributed by atoms with Crippen molar-refractivity contribution in [2.24, 2.45) is 0 Å². The molecule has 0 aromatic carbocycles. The summed E-state index contributed by atoms with van der Waals surface area (Å²) < 4.78 is 5.71. The number of nitrogens with zero attached hydrogens (tertiary/aromatic N) is 1. The van der Waals surface area contributed by atoms with Gasteiger partial charge in [-0.05, 0) is 19.8 Å². The molecule has 3 N–H and O–H groups in total. The lowest BCUT2D eigenvalue weighted by molar-refractivity contribution is -0.125. The minimum absolute atomic E-state index is 0.0392. The molecule has 1 fully saturated rings. The molecule has 0 aliphatic heterocycles. The first-order valence-corrected chi connectivity index (χ1v) is 10.1. The summed E-state index contributed by atoms with van der Waals surface area (Å²) in [5.74, 6) is -0.557. The van der Waals surface area contributed by atoms with E-state index in [1.165, 1.54) is 17.4 Å². The Morgan fingerprint density at radius 2 is 2.04 bits per heavy atom. The fourth-order valence-electron chi connectivity index (χ4n) is 3.67. The van der Waals surface area contributed by atoms with Crippen molar-refractivity contribution >= 4 is 28.3 Å². The highest BCUT2D eigenvalue weighted by Gasteiger charge is 2.41. The summed E-state index contributed by atoms with van der Waals surface area (Å²) in [7, 11) is 0. The van der Waals surface area contributed by atoms with Crippen molar-refractivity contribution in [2.75, 3.05) is 11.9 Å². The third kappa shape index (κ3) is 4.59. The highest BCUT2D eigenvalue weighted by molar-refractivity contribution is 7.13. The van der Waals surface area contributed by atoms with E-state index in [0.29, 0.717) is 23.7 Å². The molecule has 0 radical (unpaired) electrons. The number of amides is 2. The van der Waals surface area contributed by atoms with Gasteiger partial charge in [-0.2, -0.15) is 0 Å². The first-order valence-electron chi connectivity index (χ1n) is 9.20. The Morgan fingerprint density at radius 3 is 2.71 bits per heavy atom. The molecule has 3 rings (SSSR count). The number of aromatic nitrogens is 1. The van der Waals surface area contributed by atoms with Crippen molar-refractivity contribution in [1.82, 2.24) is 10.3 Å². The first-order chi connectivity index (χ1) is 13.4. The number of aryl methyl sites for hydroxylation is 1. The Kier molecular flexibility index (Phi) is 6.13. The Morgan fingerprint density at radius 1 is 1.29 bits per heavy atom. The molecular weight excluding hydrogens is 382 g/mol. The van der Waals surface area contributed by atoms with E-state index in [2.05, 4.69) is 15.6 Å². The number of hydrogen-bond acceptors (Lipinski definition) is 7. The monoisotopic (exact) mass is 405 g/mol. The van der Waals surface area contributed by atoms with Gasteiger partial charge in [0, 0.05) is 29.5 Å². The van der Waals surface area contributed by atoms with E-state index >= 15 is 0 Å². The van der Waals surface area contributed by atoms with E-state index in [9.17, 15) is 19.5 Å². The standard InChI is InChI=1S/C19H23N3O5S/c1-12-9-13(23)16(26)17(27-12)19(5-3-2-4-6-19)10-14(24)21-11-15(25)22-18-20-7-8-28-18/h7-9,26H,2-6,10-11H2,1H3,(H,21,24)(H,20,22,25). The van der Waals surface area contributed by atoms with Gasteiger partial charge in [0.1, 0.15) is 5.76 Å². The SMILES string of the molecule is Cc1cc(=O)c(O)c(C2(CC(=O)NCC(=O)Nc3nccs3)CCCCC2)o1. The molecule has 2 aromatic heterocycles. The molecule has 1 aliphatic rings. The van der Waals surface area contributed by atoms with Gasteiger partial charge in [-0.3, -0.25) is 14.4 Å². The van der Waals surface area contributed by atoms with Gasteiger partial charge in [-0.25, -0.2) is 4.98 Å². The molecule has 150 valence electrons. The van der Waals surface area contributed by atoms with E-state index in [1.54, 1.807) is 18.5 Å². The van der Waals surface area contributed by atoms with Crippen molar-refractivity contribution in [3.8, 4) is 5.75 Å². The molecule has 0 spiro atoms. The van der Waals surface area contributed by atoms with Gasteiger partial charge in [0.05, 0.1) is 6.54 Å². The van der Waals surface area contributed by atoms with Crippen molar-refractivity contribution in [3.63, 3.8) is 0 Å². The third-order valence-electron chi connectivity index (χ3n) is 4.96. The van der Waals surface area contributed by atoms with Crippen LogP contribution in [0.25, 0.3) is 0 Å². The lowest BCUT2D eigenvalue weighted by Crippen LogP contribution is -2.39. The summed E-state index contributed by atoms with van der Waals surface area (Å²) in [5.41, 5.74) is -1.25. The highest BCUT2D eigenvalue weighted by Crippen LogP contribution is 2.44. The topological polar surface area (TPSA) is 122 Å². The molecule has 1 aliphatic carbocycles. The second kappa shape index (κ2) is 8.55. The molecule has 0 unspecified atom stereocenters. The maximum absolute atomic E-state index is 12.6. The molecule has 28 heavy (non-hydrogen) atoms. The van der Waals surface area contributed by atoms with Crippen LogP contribution in [0.3, 0.4) is 0 Å². The number of thiazole rings is 1. The van der Waals surface area contributed by atoms with Crippen molar-refractivity contribution in [2.45, 2.75) is 50.9 Å². The van der Waals surface area contributed by atoms with Gasteiger partial charge >= 0.3 is 0 Å². The second-order valence-corrected chi connectivity index (χ2v) is 7.97. The quantitative estimate of drug-likeness (QED) is 0.679. The average Bonchev–Trinajstić information content (AvgIpc) is 3.16. The van der Waals surface area contributed by atoms with E-state index < -0.39 is 16.6 Å².